The van der Waals surface area contributed by atoms with Crippen molar-refractivity contribution in [2.45, 2.75) is 0 Å². The Hall–Kier alpha value is -6.74. The summed E-state index contributed by atoms with van der Waals surface area (Å²) in [5.74, 6) is 0. The van der Waals surface area contributed by atoms with Crippen LogP contribution in [0.5, 0.6) is 0 Å². The van der Waals surface area contributed by atoms with Crippen LogP contribution in [0.4, 0.5) is 17.1 Å². The molecule has 0 amide bonds. The molecule has 0 bridgehead atoms. The number of anilines is 3. The molecular formula is C52H33NS. The number of fused-ring (bicyclic) bond motifs is 9. The van der Waals surface area contributed by atoms with Crippen LogP contribution in [0.3, 0.4) is 0 Å². The molecule has 0 aliphatic heterocycles. The maximum atomic E-state index is 2.43. The number of hydrogen-bond donors (Lipinski definition) is 0. The summed E-state index contributed by atoms with van der Waals surface area (Å²) in [4.78, 5) is 2.43. The largest absolute Gasteiger partial charge is 0.310 e. The standard InChI is InChI=1S/C52H33NS/c1-3-14-41-34(11-1)13-9-19-42(41)36-25-29-39(30-26-36)53(48-20-10-22-50-52(48)46-18-7-8-21-49(46)54-50)40-31-27-37(28-32-40)47-33-38-24-23-35-12-2-4-15-43(35)51(38)45-17-6-5-16-44(45)47/h1-33H. The average molecular weight is 704 g/mol. The van der Waals surface area contributed by atoms with Gasteiger partial charge in [0, 0.05) is 31.5 Å². The van der Waals surface area contributed by atoms with Crippen LogP contribution in [0, 0.1) is 0 Å². The molecule has 2 heteroatoms. The van der Waals surface area contributed by atoms with Crippen molar-refractivity contribution in [1.29, 1.82) is 0 Å². The lowest BCUT2D eigenvalue weighted by molar-refractivity contribution is 1.30. The molecule has 0 N–H and O–H groups in total. The normalized spacial score (nSPS) is 11.7. The topological polar surface area (TPSA) is 3.24 Å². The van der Waals surface area contributed by atoms with Gasteiger partial charge in [-0.3, -0.25) is 0 Å². The first-order valence-corrected chi connectivity index (χ1v) is 19.3. The Morgan fingerprint density at radius 1 is 0.315 bits per heavy atom. The third-order valence-electron chi connectivity index (χ3n) is 11.0. The molecule has 0 aliphatic carbocycles. The zero-order valence-electron chi connectivity index (χ0n) is 29.4. The molecular weight excluding hydrogens is 671 g/mol. The molecule has 0 saturated carbocycles. The fraction of sp³-hybridized carbons (Fsp3) is 0. The summed E-state index contributed by atoms with van der Waals surface area (Å²) in [5, 5.41) is 12.8. The number of thiophene rings is 1. The van der Waals surface area contributed by atoms with Crippen molar-refractivity contribution in [2.24, 2.45) is 0 Å². The minimum atomic E-state index is 1.12. The Labute approximate surface area is 317 Å². The fourth-order valence-corrected chi connectivity index (χ4v) is 9.67. The van der Waals surface area contributed by atoms with Gasteiger partial charge in [0.1, 0.15) is 0 Å². The van der Waals surface area contributed by atoms with Crippen LogP contribution in [0.2, 0.25) is 0 Å². The third-order valence-corrected chi connectivity index (χ3v) is 12.2. The molecule has 252 valence electrons. The lowest BCUT2D eigenvalue weighted by atomic mass is 9.90. The smallest absolute Gasteiger partial charge is 0.0554 e. The summed E-state index contributed by atoms with van der Waals surface area (Å²) in [6, 6.07) is 73.5. The van der Waals surface area contributed by atoms with Crippen LogP contribution >= 0.6 is 11.3 Å². The maximum Gasteiger partial charge on any atom is 0.0554 e. The van der Waals surface area contributed by atoms with Crippen LogP contribution in [0.15, 0.2) is 200 Å². The highest BCUT2D eigenvalue weighted by Gasteiger charge is 2.19. The second kappa shape index (κ2) is 12.4. The van der Waals surface area contributed by atoms with E-state index in [9.17, 15) is 0 Å². The second-order valence-electron chi connectivity index (χ2n) is 14.1. The highest BCUT2D eigenvalue weighted by molar-refractivity contribution is 7.26. The van der Waals surface area contributed by atoms with Gasteiger partial charge in [-0.2, -0.15) is 0 Å². The third kappa shape index (κ3) is 4.92. The van der Waals surface area contributed by atoms with Crippen LogP contribution in [0.25, 0.3) is 85.5 Å². The first-order valence-electron chi connectivity index (χ1n) is 18.5. The van der Waals surface area contributed by atoms with E-state index < -0.39 is 0 Å². The molecule has 1 aromatic heterocycles. The SMILES string of the molecule is c1ccc2c(-c3ccc(N(c4ccc(-c5cc6ccc7ccccc7c6c6ccccc56)cc4)c4cccc5sc6ccccc6c45)cc3)cccc2c1. The summed E-state index contributed by atoms with van der Waals surface area (Å²) in [6.45, 7) is 0. The molecule has 11 rings (SSSR count). The predicted octanol–water partition coefficient (Wildman–Crippen LogP) is 15.5. The van der Waals surface area contributed by atoms with E-state index in [1.807, 2.05) is 11.3 Å². The summed E-state index contributed by atoms with van der Waals surface area (Å²) >= 11 is 1.86. The number of rotatable bonds is 5. The van der Waals surface area contributed by atoms with Gasteiger partial charge in [-0.25, -0.2) is 0 Å². The van der Waals surface area contributed by atoms with E-state index >= 15 is 0 Å². The van der Waals surface area contributed by atoms with E-state index in [2.05, 4.69) is 205 Å². The van der Waals surface area contributed by atoms with Crippen LogP contribution in [-0.4, -0.2) is 0 Å². The van der Waals surface area contributed by atoms with Crippen molar-refractivity contribution in [3.63, 3.8) is 0 Å². The van der Waals surface area contributed by atoms with Gasteiger partial charge < -0.3 is 4.90 Å². The zero-order valence-corrected chi connectivity index (χ0v) is 30.2. The summed E-state index contributed by atoms with van der Waals surface area (Å²) in [6.07, 6.45) is 0. The molecule has 0 atom stereocenters. The van der Waals surface area contributed by atoms with E-state index in [4.69, 9.17) is 0 Å². The summed E-state index contributed by atoms with van der Waals surface area (Å²) in [7, 11) is 0. The van der Waals surface area contributed by atoms with E-state index in [1.165, 1.54) is 91.2 Å². The number of nitrogens with zero attached hydrogens (tertiary/aromatic N) is 1. The first kappa shape index (κ1) is 30.8. The lowest BCUT2D eigenvalue weighted by Gasteiger charge is -2.27. The Morgan fingerprint density at radius 3 is 1.61 bits per heavy atom. The van der Waals surface area contributed by atoms with Crippen LogP contribution in [0.1, 0.15) is 0 Å². The molecule has 11 aromatic rings. The van der Waals surface area contributed by atoms with Crippen molar-refractivity contribution in [3.8, 4) is 22.3 Å². The maximum absolute atomic E-state index is 2.43. The molecule has 1 heterocycles. The fourth-order valence-electron chi connectivity index (χ4n) is 8.54. The second-order valence-corrected chi connectivity index (χ2v) is 15.1. The molecule has 0 radical (unpaired) electrons. The minimum Gasteiger partial charge on any atom is -0.310 e. The van der Waals surface area contributed by atoms with E-state index in [0.29, 0.717) is 0 Å². The molecule has 1 nitrogen and oxygen atoms in total. The van der Waals surface area contributed by atoms with Crippen molar-refractivity contribution in [2.75, 3.05) is 4.90 Å². The number of benzene rings is 10. The predicted molar refractivity (Wildman–Crippen MR) is 235 cm³/mol. The zero-order chi connectivity index (χ0) is 35.6. The first-order chi connectivity index (χ1) is 26.8. The van der Waals surface area contributed by atoms with Crippen molar-refractivity contribution in [1.82, 2.24) is 0 Å². The Balaban J connectivity index is 1.08. The monoisotopic (exact) mass is 703 g/mol. The van der Waals surface area contributed by atoms with Gasteiger partial charge >= 0.3 is 0 Å². The molecule has 0 unspecified atom stereocenters. The summed E-state index contributed by atoms with van der Waals surface area (Å²) in [5.41, 5.74) is 8.33. The van der Waals surface area contributed by atoms with Gasteiger partial charge in [-0.1, -0.05) is 152 Å². The highest BCUT2D eigenvalue weighted by atomic mass is 32.1. The minimum absolute atomic E-state index is 1.12. The van der Waals surface area contributed by atoms with Gasteiger partial charge in [-0.15, -0.1) is 11.3 Å². The molecule has 0 aliphatic rings. The molecule has 0 saturated heterocycles. The van der Waals surface area contributed by atoms with Crippen molar-refractivity contribution < 1.29 is 0 Å². The van der Waals surface area contributed by atoms with Gasteiger partial charge in [0.25, 0.3) is 0 Å². The molecule has 0 spiro atoms. The molecule has 54 heavy (non-hydrogen) atoms. The lowest BCUT2D eigenvalue weighted by Crippen LogP contribution is -2.10. The molecule has 10 aromatic carbocycles. The van der Waals surface area contributed by atoms with E-state index in [-0.39, 0.29) is 0 Å². The average Bonchev–Trinajstić information content (AvgIpc) is 3.63. The van der Waals surface area contributed by atoms with Gasteiger partial charge in [0.2, 0.25) is 0 Å². The van der Waals surface area contributed by atoms with Gasteiger partial charge in [0.05, 0.1) is 5.69 Å². The Bertz CT molecular complexity index is 3200. The Kier molecular flexibility index (Phi) is 7.11. The van der Waals surface area contributed by atoms with Crippen LogP contribution in [-0.2, 0) is 0 Å². The number of hydrogen-bond acceptors (Lipinski definition) is 2. The summed E-state index contributed by atoms with van der Waals surface area (Å²) < 4.78 is 2.59. The highest BCUT2D eigenvalue weighted by Crippen LogP contribution is 2.46. The van der Waals surface area contributed by atoms with Gasteiger partial charge in [-0.05, 0) is 114 Å². The van der Waals surface area contributed by atoms with Crippen LogP contribution < -0.4 is 4.90 Å². The molecule has 0 fully saturated rings. The quantitative estimate of drug-likeness (QED) is 0.161. The van der Waals surface area contributed by atoms with Crippen molar-refractivity contribution >= 4 is 91.7 Å². The van der Waals surface area contributed by atoms with E-state index in [0.717, 1.165) is 11.4 Å². The van der Waals surface area contributed by atoms with E-state index in [1.54, 1.807) is 0 Å². The van der Waals surface area contributed by atoms with Gasteiger partial charge in [0.15, 0.2) is 0 Å². The van der Waals surface area contributed by atoms with Crippen molar-refractivity contribution in [3.05, 3.63) is 200 Å². The Morgan fingerprint density at radius 2 is 0.852 bits per heavy atom.